The van der Waals surface area contributed by atoms with Gasteiger partial charge in [0.15, 0.2) is 0 Å². The minimum absolute atomic E-state index is 0.696. The van der Waals surface area contributed by atoms with Gasteiger partial charge in [-0.1, -0.05) is 35.5 Å². The van der Waals surface area contributed by atoms with Crippen molar-refractivity contribution in [2.24, 2.45) is 0 Å². The second-order valence-corrected chi connectivity index (χ2v) is 4.65. The van der Waals surface area contributed by atoms with E-state index in [1.165, 1.54) is 0 Å². The summed E-state index contributed by atoms with van der Waals surface area (Å²) in [4.78, 5) is 0. The normalized spacial score (nSPS) is 17.8. The van der Waals surface area contributed by atoms with Crippen LogP contribution in [0.4, 0.5) is 0 Å². The van der Waals surface area contributed by atoms with E-state index in [4.69, 9.17) is 0 Å². The minimum atomic E-state index is -1.06. The standard InChI is InChI=1S/C13H15N3O/c1-13(17,10-6-3-2-4-7-10)12-11-8-5-9-16(11)15-14-12/h2-4,6-7,17H,5,8-9H2,1H3. The molecule has 0 saturated heterocycles. The molecule has 0 amide bonds. The lowest BCUT2D eigenvalue weighted by molar-refractivity contribution is 0.0963. The van der Waals surface area contributed by atoms with E-state index in [1.54, 1.807) is 6.92 Å². The van der Waals surface area contributed by atoms with Gasteiger partial charge in [0.1, 0.15) is 11.3 Å². The second kappa shape index (κ2) is 3.67. The number of aliphatic hydroxyl groups is 1. The highest BCUT2D eigenvalue weighted by Gasteiger charge is 2.34. The molecule has 1 unspecified atom stereocenters. The molecule has 0 fully saturated rings. The SMILES string of the molecule is CC(O)(c1ccccc1)c1nnn2c1CCC2. The van der Waals surface area contributed by atoms with E-state index in [-0.39, 0.29) is 0 Å². The van der Waals surface area contributed by atoms with Crippen LogP contribution < -0.4 is 0 Å². The van der Waals surface area contributed by atoms with E-state index in [1.807, 2.05) is 35.0 Å². The minimum Gasteiger partial charge on any atom is -0.379 e. The highest BCUT2D eigenvalue weighted by Crippen LogP contribution is 2.31. The fourth-order valence-electron chi connectivity index (χ4n) is 2.43. The van der Waals surface area contributed by atoms with Crippen LogP contribution in [0.25, 0.3) is 0 Å². The first-order chi connectivity index (χ1) is 8.19. The predicted octanol–water partition coefficient (Wildman–Crippen LogP) is 1.48. The van der Waals surface area contributed by atoms with E-state index >= 15 is 0 Å². The van der Waals surface area contributed by atoms with Crippen LogP contribution >= 0.6 is 0 Å². The summed E-state index contributed by atoms with van der Waals surface area (Å²) in [7, 11) is 0. The number of nitrogens with zero attached hydrogens (tertiary/aromatic N) is 3. The second-order valence-electron chi connectivity index (χ2n) is 4.65. The van der Waals surface area contributed by atoms with Crippen LogP contribution in [0.15, 0.2) is 30.3 Å². The van der Waals surface area contributed by atoms with Crippen molar-refractivity contribution in [2.45, 2.75) is 31.9 Å². The molecule has 0 aliphatic carbocycles. The molecule has 1 aliphatic rings. The van der Waals surface area contributed by atoms with E-state index in [2.05, 4.69) is 10.3 Å². The molecule has 2 aromatic rings. The van der Waals surface area contributed by atoms with Crippen molar-refractivity contribution < 1.29 is 5.11 Å². The molecule has 1 N–H and O–H groups in total. The van der Waals surface area contributed by atoms with Gasteiger partial charge in [0.25, 0.3) is 0 Å². The maximum Gasteiger partial charge on any atom is 0.132 e. The molecular weight excluding hydrogens is 214 g/mol. The van der Waals surface area contributed by atoms with Gasteiger partial charge in [0, 0.05) is 6.54 Å². The van der Waals surface area contributed by atoms with Crippen molar-refractivity contribution in [1.82, 2.24) is 15.0 Å². The Bertz CT molecular complexity index is 531. The van der Waals surface area contributed by atoms with E-state index in [0.29, 0.717) is 5.69 Å². The van der Waals surface area contributed by atoms with Crippen LogP contribution in [-0.2, 0) is 18.6 Å². The van der Waals surface area contributed by atoms with E-state index in [0.717, 1.165) is 30.6 Å². The van der Waals surface area contributed by atoms with Crippen molar-refractivity contribution >= 4 is 0 Å². The van der Waals surface area contributed by atoms with Crippen LogP contribution in [0.5, 0.6) is 0 Å². The highest BCUT2D eigenvalue weighted by molar-refractivity contribution is 5.33. The molecule has 1 aliphatic heterocycles. The summed E-state index contributed by atoms with van der Waals surface area (Å²) in [6.07, 6.45) is 2.04. The van der Waals surface area contributed by atoms with Crippen LogP contribution in [0.3, 0.4) is 0 Å². The van der Waals surface area contributed by atoms with Crippen LogP contribution in [-0.4, -0.2) is 20.1 Å². The number of fused-ring (bicyclic) bond motifs is 1. The summed E-state index contributed by atoms with van der Waals surface area (Å²) in [6, 6.07) is 9.62. The highest BCUT2D eigenvalue weighted by atomic mass is 16.3. The molecule has 0 radical (unpaired) electrons. The van der Waals surface area contributed by atoms with Crippen LogP contribution in [0.1, 0.15) is 30.3 Å². The summed E-state index contributed by atoms with van der Waals surface area (Å²) < 4.78 is 1.90. The summed E-state index contributed by atoms with van der Waals surface area (Å²) in [5, 5.41) is 18.9. The largest absolute Gasteiger partial charge is 0.379 e. The van der Waals surface area contributed by atoms with Gasteiger partial charge < -0.3 is 5.11 Å². The Morgan fingerprint density at radius 2 is 2.06 bits per heavy atom. The number of hydrogen-bond donors (Lipinski definition) is 1. The van der Waals surface area contributed by atoms with Crippen molar-refractivity contribution in [3.63, 3.8) is 0 Å². The molecule has 3 rings (SSSR count). The number of aromatic nitrogens is 3. The fourth-order valence-corrected chi connectivity index (χ4v) is 2.43. The number of aryl methyl sites for hydroxylation is 1. The van der Waals surface area contributed by atoms with Gasteiger partial charge in [-0.2, -0.15) is 0 Å². The average Bonchev–Trinajstić information content (AvgIpc) is 2.91. The first kappa shape index (κ1) is 10.5. The molecule has 4 heteroatoms. The first-order valence-corrected chi connectivity index (χ1v) is 5.90. The van der Waals surface area contributed by atoms with Gasteiger partial charge in [0.05, 0.1) is 5.69 Å². The molecule has 0 spiro atoms. The number of hydrogen-bond acceptors (Lipinski definition) is 3. The Labute approximate surface area is 99.9 Å². The molecule has 0 bridgehead atoms. The third kappa shape index (κ3) is 1.56. The van der Waals surface area contributed by atoms with Crippen LogP contribution in [0, 0.1) is 0 Å². The lowest BCUT2D eigenvalue weighted by Gasteiger charge is -2.22. The Morgan fingerprint density at radius 1 is 1.29 bits per heavy atom. The van der Waals surface area contributed by atoms with Crippen molar-refractivity contribution in [3.05, 3.63) is 47.3 Å². The maximum atomic E-state index is 10.7. The maximum absolute atomic E-state index is 10.7. The van der Waals surface area contributed by atoms with Crippen molar-refractivity contribution in [3.8, 4) is 0 Å². The Hall–Kier alpha value is -1.68. The quantitative estimate of drug-likeness (QED) is 0.848. The Balaban J connectivity index is 2.08. The molecule has 2 heterocycles. The molecule has 1 atom stereocenters. The molecule has 17 heavy (non-hydrogen) atoms. The molecule has 4 nitrogen and oxygen atoms in total. The van der Waals surface area contributed by atoms with Gasteiger partial charge in [-0.05, 0) is 25.3 Å². The lowest BCUT2D eigenvalue weighted by Crippen LogP contribution is -2.24. The van der Waals surface area contributed by atoms with Gasteiger partial charge >= 0.3 is 0 Å². The topological polar surface area (TPSA) is 50.9 Å². The predicted molar refractivity (Wildman–Crippen MR) is 63.5 cm³/mol. The third-order valence-electron chi connectivity index (χ3n) is 3.42. The zero-order valence-electron chi connectivity index (χ0n) is 9.80. The van der Waals surface area contributed by atoms with Crippen molar-refractivity contribution in [1.29, 1.82) is 0 Å². The van der Waals surface area contributed by atoms with Crippen LogP contribution in [0.2, 0.25) is 0 Å². The zero-order chi connectivity index (χ0) is 11.9. The Morgan fingerprint density at radius 3 is 2.82 bits per heavy atom. The average molecular weight is 229 g/mol. The summed E-state index contributed by atoms with van der Waals surface area (Å²) >= 11 is 0. The monoisotopic (exact) mass is 229 g/mol. The molecule has 0 saturated carbocycles. The Kier molecular flexibility index (Phi) is 2.26. The van der Waals surface area contributed by atoms with Gasteiger partial charge in [-0.15, -0.1) is 5.10 Å². The fraction of sp³-hybridized carbons (Fsp3) is 0.385. The van der Waals surface area contributed by atoms with E-state index in [9.17, 15) is 5.11 Å². The van der Waals surface area contributed by atoms with Gasteiger partial charge in [0.2, 0.25) is 0 Å². The molecule has 88 valence electrons. The third-order valence-corrected chi connectivity index (χ3v) is 3.42. The van der Waals surface area contributed by atoms with Crippen molar-refractivity contribution in [2.75, 3.05) is 0 Å². The number of benzene rings is 1. The summed E-state index contributed by atoms with van der Waals surface area (Å²) in [5.74, 6) is 0. The van der Waals surface area contributed by atoms with E-state index < -0.39 is 5.60 Å². The summed E-state index contributed by atoms with van der Waals surface area (Å²) in [5.41, 5.74) is 1.56. The van der Waals surface area contributed by atoms with Gasteiger partial charge in [-0.3, -0.25) is 0 Å². The summed E-state index contributed by atoms with van der Waals surface area (Å²) in [6.45, 7) is 2.69. The smallest absolute Gasteiger partial charge is 0.132 e. The van der Waals surface area contributed by atoms with Gasteiger partial charge in [-0.25, -0.2) is 4.68 Å². The molecular formula is C13H15N3O. The lowest BCUT2D eigenvalue weighted by atomic mass is 9.91. The first-order valence-electron chi connectivity index (χ1n) is 5.90. The zero-order valence-corrected chi connectivity index (χ0v) is 9.80. The molecule has 1 aromatic heterocycles. The number of rotatable bonds is 2. The molecule has 1 aromatic carbocycles.